The molecule has 2 N–H and O–H groups in total. The Bertz CT molecular complexity index is 311. The third-order valence-electron chi connectivity index (χ3n) is 1.52. The molecule has 0 aliphatic carbocycles. The summed E-state index contributed by atoms with van der Waals surface area (Å²) in [5.74, 6) is 0. The second-order valence-corrected chi connectivity index (χ2v) is 3.67. The number of hydrogen-bond donors (Lipinski definition) is 1. The Balaban J connectivity index is 2.96. The fourth-order valence-electron chi connectivity index (χ4n) is 0.966. The third-order valence-corrected chi connectivity index (χ3v) is 1.52. The zero-order valence-corrected chi connectivity index (χ0v) is 7.94. The fraction of sp³-hybridized carbons (Fsp3) is 0.500. The Morgan fingerprint density at radius 1 is 1.62 bits per heavy atom. The minimum Gasteiger partial charge on any atom is -0.375 e. The van der Waals surface area contributed by atoms with Crippen molar-refractivity contribution in [3.63, 3.8) is 0 Å². The lowest BCUT2D eigenvalue weighted by atomic mass is 10.1. The van der Waals surface area contributed by atoms with E-state index in [9.17, 15) is 4.79 Å². The number of primary amides is 1. The molecule has 0 aliphatic rings. The topological polar surface area (TPSA) is 70.1 Å². The van der Waals surface area contributed by atoms with Crippen molar-refractivity contribution in [3.05, 3.63) is 12.4 Å². The highest BCUT2D eigenvalue weighted by Gasteiger charge is 2.18. The number of rotatable bonds is 1. The van der Waals surface area contributed by atoms with E-state index in [0.717, 1.165) is 0 Å². The Kier molecular flexibility index (Phi) is 2.27. The molecule has 1 rings (SSSR count). The van der Waals surface area contributed by atoms with Gasteiger partial charge in [-0.15, -0.1) is 0 Å². The Hall–Kier alpha value is -1.52. The maximum atomic E-state index is 10.5. The molecule has 1 aromatic heterocycles. The number of amides is 1. The van der Waals surface area contributed by atoms with E-state index in [1.54, 1.807) is 17.0 Å². The van der Waals surface area contributed by atoms with Crippen LogP contribution in [0.3, 0.4) is 0 Å². The number of aromatic nitrogens is 2. The van der Waals surface area contributed by atoms with Crippen LogP contribution in [0.15, 0.2) is 12.4 Å². The lowest BCUT2D eigenvalue weighted by molar-refractivity contribution is 0.200. The first-order chi connectivity index (χ1) is 5.91. The Morgan fingerprint density at radius 2 is 2.23 bits per heavy atom. The Morgan fingerprint density at radius 3 is 2.69 bits per heavy atom. The number of nitrogens with zero attached hydrogens (tertiary/aromatic N) is 2. The quantitative estimate of drug-likeness (QED) is 0.708. The number of nitrogens with two attached hydrogens (primary N) is 1. The van der Waals surface area contributed by atoms with Crippen molar-refractivity contribution in [3.8, 4) is 6.01 Å². The monoisotopic (exact) mass is 183 g/mol. The normalized spacial score (nSPS) is 11.3. The molecule has 72 valence electrons. The summed E-state index contributed by atoms with van der Waals surface area (Å²) in [4.78, 5) is 14.4. The van der Waals surface area contributed by atoms with Gasteiger partial charge in [-0.3, -0.25) is 4.57 Å². The summed E-state index contributed by atoms with van der Waals surface area (Å²) in [6, 6.07) is 0.222. The highest BCUT2D eigenvalue weighted by Crippen LogP contribution is 2.20. The van der Waals surface area contributed by atoms with Gasteiger partial charge in [0.05, 0.1) is 0 Å². The molecule has 5 nitrogen and oxygen atoms in total. The van der Waals surface area contributed by atoms with Crippen LogP contribution in [0.4, 0.5) is 4.79 Å². The predicted octanol–water partition coefficient (Wildman–Crippen LogP) is 1.10. The molecule has 0 aromatic carbocycles. The molecule has 13 heavy (non-hydrogen) atoms. The van der Waals surface area contributed by atoms with Gasteiger partial charge in [0.2, 0.25) is 0 Å². The van der Waals surface area contributed by atoms with Gasteiger partial charge in [-0.2, -0.15) is 0 Å². The average Bonchev–Trinajstić information content (AvgIpc) is 2.31. The smallest absolute Gasteiger partial charge is 0.375 e. The van der Waals surface area contributed by atoms with Crippen molar-refractivity contribution in [2.24, 2.45) is 5.73 Å². The first-order valence-corrected chi connectivity index (χ1v) is 3.92. The van der Waals surface area contributed by atoms with E-state index in [1.165, 1.54) is 0 Å². The molecular weight excluding hydrogens is 170 g/mol. The highest BCUT2D eigenvalue weighted by atomic mass is 16.6. The number of hydrogen-bond acceptors (Lipinski definition) is 3. The van der Waals surface area contributed by atoms with Gasteiger partial charge in [0.1, 0.15) is 0 Å². The molecule has 0 atom stereocenters. The molecular formula is C8H13N3O2. The van der Waals surface area contributed by atoms with Gasteiger partial charge < -0.3 is 10.5 Å². The van der Waals surface area contributed by atoms with Crippen LogP contribution in [-0.4, -0.2) is 15.6 Å². The van der Waals surface area contributed by atoms with E-state index in [1.807, 2.05) is 20.8 Å². The van der Waals surface area contributed by atoms with Crippen molar-refractivity contribution in [1.29, 1.82) is 0 Å². The van der Waals surface area contributed by atoms with E-state index in [2.05, 4.69) is 4.98 Å². The lowest BCUT2D eigenvalue weighted by Gasteiger charge is -2.21. The molecule has 0 saturated heterocycles. The molecule has 0 spiro atoms. The van der Waals surface area contributed by atoms with Gasteiger partial charge in [-0.05, 0) is 20.8 Å². The van der Waals surface area contributed by atoms with Crippen molar-refractivity contribution in [2.45, 2.75) is 26.3 Å². The second kappa shape index (κ2) is 3.08. The van der Waals surface area contributed by atoms with E-state index < -0.39 is 6.09 Å². The van der Waals surface area contributed by atoms with Crippen molar-refractivity contribution < 1.29 is 9.53 Å². The zero-order chi connectivity index (χ0) is 10.1. The van der Waals surface area contributed by atoms with Crippen LogP contribution >= 0.6 is 0 Å². The molecule has 1 heterocycles. The molecule has 0 saturated carbocycles. The summed E-state index contributed by atoms with van der Waals surface area (Å²) < 4.78 is 6.44. The molecule has 1 amide bonds. The maximum Gasteiger partial charge on any atom is 0.412 e. The number of carbonyl (C=O) groups is 1. The lowest BCUT2D eigenvalue weighted by Crippen LogP contribution is -2.25. The summed E-state index contributed by atoms with van der Waals surface area (Å²) in [6.45, 7) is 5.92. The van der Waals surface area contributed by atoms with E-state index in [-0.39, 0.29) is 11.5 Å². The van der Waals surface area contributed by atoms with E-state index in [0.29, 0.717) is 0 Å². The Labute approximate surface area is 76.5 Å². The molecule has 0 bridgehead atoms. The van der Waals surface area contributed by atoms with Crippen LogP contribution < -0.4 is 10.5 Å². The average molecular weight is 183 g/mol. The van der Waals surface area contributed by atoms with Gasteiger partial charge in [0.25, 0.3) is 0 Å². The largest absolute Gasteiger partial charge is 0.412 e. The maximum absolute atomic E-state index is 10.5. The van der Waals surface area contributed by atoms with Crippen LogP contribution in [-0.2, 0) is 5.54 Å². The third kappa shape index (κ3) is 2.21. The molecule has 0 unspecified atom stereocenters. The van der Waals surface area contributed by atoms with E-state index >= 15 is 0 Å². The van der Waals surface area contributed by atoms with Gasteiger partial charge in [0, 0.05) is 17.9 Å². The highest BCUT2D eigenvalue weighted by molar-refractivity contribution is 5.67. The van der Waals surface area contributed by atoms with Gasteiger partial charge in [0.15, 0.2) is 0 Å². The predicted molar refractivity (Wildman–Crippen MR) is 47.4 cm³/mol. The minimum atomic E-state index is -0.850. The van der Waals surface area contributed by atoms with Crippen LogP contribution in [0.5, 0.6) is 6.01 Å². The van der Waals surface area contributed by atoms with Crippen LogP contribution in [0.2, 0.25) is 0 Å². The minimum absolute atomic E-state index is 0.179. The number of carbonyl (C=O) groups excluding carboxylic acids is 1. The van der Waals surface area contributed by atoms with Gasteiger partial charge in [-0.25, -0.2) is 9.78 Å². The second-order valence-electron chi connectivity index (χ2n) is 3.67. The SMILES string of the molecule is CC(C)(C)n1ccnc1OC(N)=O. The summed E-state index contributed by atoms with van der Waals surface area (Å²) >= 11 is 0. The van der Waals surface area contributed by atoms with Crippen LogP contribution in [0, 0.1) is 0 Å². The summed E-state index contributed by atoms with van der Waals surface area (Å²) in [7, 11) is 0. The van der Waals surface area contributed by atoms with E-state index in [4.69, 9.17) is 10.5 Å². The molecule has 0 aliphatic heterocycles. The molecule has 0 radical (unpaired) electrons. The summed E-state index contributed by atoms with van der Waals surface area (Å²) in [5.41, 5.74) is 4.70. The fourth-order valence-corrected chi connectivity index (χ4v) is 0.966. The van der Waals surface area contributed by atoms with Crippen molar-refractivity contribution >= 4 is 6.09 Å². The zero-order valence-electron chi connectivity index (χ0n) is 7.94. The molecule has 1 aromatic rings. The van der Waals surface area contributed by atoms with Crippen LogP contribution in [0.1, 0.15) is 20.8 Å². The standard InChI is InChI=1S/C8H13N3O2/c1-8(2,3)11-5-4-10-7(11)13-6(9)12/h4-5H,1-3H3,(H2,9,12). The van der Waals surface area contributed by atoms with Crippen LogP contribution in [0.25, 0.3) is 0 Å². The summed E-state index contributed by atoms with van der Waals surface area (Å²) in [6.07, 6.45) is 2.44. The van der Waals surface area contributed by atoms with Gasteiger partial charge in [-0.1, -0.05) is 0 Å². The summed E-state index contributed by atoms with van der Waals surface area (Å²) in [5, 5.41) is 0. The first kappa shape index (κ1) is 9.57. The van der Waals surface area contributed by atoms with Gasteiger partial charge >= 0.3 is 12.1 Å². The number of ether oxygens (including phenoxy) is 1. The number of imidazole rings is 1. The molecule has 5 heteroatoms. The molecule has 0 fully saturated rings. The van der Waals surface area contributed by atoms with Crippen molar-refractivity contribution in [2.75, 3.05) is 0 Å². The first-order valence-electron chi connectivity index (χ1n) is 3.92. The van der Waals surface area contributed by atoms with Crippen molar-refractivity contribution in [1.82, 2.24) is 9.55 Å².